The molecule has 0 amide bonds. The average Bonchev–Trinajstić information content (AvgIpc) is 3.04. The number of guanidine groups is 2. The van der Waals surface area contributed by atoms with Gasteiger partial charge in [0.25, 0.3) is 0 Å². The third-order valence-electron chi connectivity index (χ3n) is 10.6. The van der Waals surface area contributed by atoms with E-state index in [0.717, 1.165) is 64.3 Å². The molecule has 0 radical (unpaired) electrons. The molecular formula is C34H64N8. The van der Waals surface area contributed by atoms with Gasteiger partial charge in [-0.05, 0) is 51.4 Å². The van der Waals surface area contributed by atoms with Crippen LogP contribution in [-0.2, 0) is 0 Å². The first-order chi connectivity index (χ1) is 20.8. The van der Waals surface area contributed by atoms with Gasteiger partial charge in [-0.25, -0.2) is 9.98 Å². The molecule has 0 spiro atoms. The van der Waals surface area contributed by atoms with Gasteiger partial charge in [0.15, 0.2) is 11.9 Å². The smallest absolute Gasteiger partial charge is 0.191 e. The Morgan fingerprint density at radius 1 is 0.452 bits per heavy atom. The Morgan fingerprint density at radius 2 is 0.786 bits per heavy atom. The summed E-state index contributed by atoms with van der Waals surface area (Å²) in [5.74, 6) is 2.18. The Bertz CT molecular complexity index is 717. The van der Waals surface area contributed by atoms with Crippen LogP contribution in [0.25, 0.3) is 0 Å². The average molecular weight is 585 g/mol. The largest absolute Gasteiger partial charge is 0.355 e. The Labute approximate surface area is 257 Å². The van der Waals surface area contributed by atoms with Crippen molar-refractivity contribution in [2.45, 2.75) is 153 Å². The molecule has 1 heterocycles. The van der Waals surface area contributed by atoms with E-state index in [1.54, 1.807) is 0 Å². The summed E-state index contributed by atoms with van der Waals surface area (Å²) in [6.07, 6.45) is 26.6. The summed E-state index contributed by atoms with van der Waals surface area (Å²) in [5, 5.41) is 15.1. The van der Waals surface area contributed by atoms with Crippen LogP contribution in [0.5, 0.6) is 0 Å². The molecule has 0 aromatic heterocycles. The highest BCUT2D eigenvalue weighted by atomic mass is 15.3. The molecule has 4 N–H and O–H groups in total. The molecule has 0 atom stereocenters. The predicted molar refractivity (Wildman–Crippen MR) is 178 cm³/mol. The van der Waals surface area contributed by atoms with Gasteiger partial charge in [-0.2, -0.15) is 0 Å². The first-order valence-corrected chi connectivity index (χ1v) is 18.4. The number of aliphatic imine (C=N–C) groups is 2. The van der Waals surface area contributed by atoms with E-state index >= 15 is 0 Å². The number of piperazine rings is 1. The van der Waals surface area contributed by atoms with Crippen molar-refractivity contribution >= 4 is 11.9 Å². The van der Waals surface area contributed by atoms with Gasteiger partial charge in [-0.1, -0.05) is 77.0 Å². The van der Waals surface area contributed by atoms with E-state index in [-0.39, 0.29) is 0 Å². The summed E-state index contributed by atoms with van der Waals surface area (Å²) >= 11 is 0. The standard InChI is InChI=1S/C34H64N8/c1-5-13-29(14-6-1)37-33(38-30-15-7-2-8-16-30)35-21-23-41-25-27-42(28-26-41)24-22-36-34(39-31-17-9-3-10-18-31)40-32-19-11-4-12-20-32/h29-32H,1-28H2,(H2,35,37,38)(H2,36,39,40). The molecule has 8 heteroatoms. The summed E-state index contributed by atoms with van der Waals surface area (Å²) in [4.78, 5) is 15.7. The van der Waals surface area contributed by atoms with Crippen molar-refractivity contribution in [1.82, 2.24) is 31.1 Å². The van der Waals surface area contributed by atoms with Crippen LogP contribution in [0.4, 0.5) is 0 Å². The van der Waals surface area contributed by atoms with Crippen molar-refractivity contribution in [3.63, 3.8) is 0 Å². The highest BCUT2D eigenvalue weighted by molar-refractivity contribution is 5.80. The summed E-state index contributed by atoms with van der Waals surface area (Å²) in [6, 6.07) is 2.25. The van der Waals surface area contributed by atoms with E-state index in [0.29, 0.717) is 24.2 Å². The fraction of sp³-hybridized carbons (Fsp3) is 0.941. The molecule has 5 fully saturated rings. The predicted octanol–water partition coefficient (Wildman–Crippen LogP) is 5.01. The third kappa shape index (κ3) is 11.5. The maximum atomic E-state index is 5.19. The number of nitrogens with one attached hydrogen (secondary N) is 4. The highest BCUT2D eigenvalue weighted by Crippen LogP contribution is 2.22. The zero-order valence-electron chi connectivity index (χ0n) is 26.9. The number of rotatable bonds is 10. The number of hydrogen-bond donors (Lipinski definition) is 4. The maximum Gasteiger partial charge on any atom is 0.191 e. The summed E-state index contributed by atoms with van der Waals surface area (Å²) in [5.41, 5.74) is 0. The Balaban J connectivity index is 1.00. The zero-order chi connectivity index (χ0) is 28.7. The molecule has 5 aliphatic rings. The molecule has 4 aliphatic carbocycles. The van der Waals surface area contributed by atoms with Gasteiger partial charge in [0.2, 0.25) is 0 Å². The van der Waals surface area contributed by atoms with E-state index in [2.05, 4.69) is 31.1 Å². The maximum absolute atomic E-state index is 5.19. The van der Waals surface area contributed by atoms with Crippen LogP contribution in [0.15, 0.2) is 9.98 Å². The Morgan fingerprint density at radius 3 is 1.14 bits per heavy atom. The van der Waals surface area contributed by atoms with Gasteiger partial charge < -0.3 is 21.3 Å². The molecule has 0 aromatic carbocycles. The lowest BCUT2D eigenvalue weighted by Gasteiger charge is -2.35. The molecule has 42 heavy (non-hydrogen) atoms. The molecular weight excluding hydrogens is 520 g/mol. The Kier molecular flexibility index (Phi) is 13.9. The van der Waals surface area contributed by atoms with Crippen LogP contribution in [0.3, 0.4) is 0 Å². The lowest BCUT2D eigenvalue weighted by atomic mass is 9.95. The first kappa shape index (κ1) is 31.9. The quantitative estimate of drug-likeness (QED) is 0.214. The van der Waals surface area contributed by atoms with E-state index in [1.165, 1.54) is 128 Å². The van der Waals surface area contributed by atoms with Crippen molar-refractivity contribution in [2.24, 2.45) is 9.98 Å². The van der Waals surface area contributed by atoms with Gasteiger partial charge in [0.05, 0.1) is 12.1 Å². The fourth-order valence-electron chi connectivity index (χ4n) is 7.84. The highest BCUT2D eigenvalue weighted by Gasteiger charge is 2.21. The SMILES string of the molecule is C1CCC(N=C(NCCN2CCN(CCNC(=NC3CCCCC3)NC3CCCCC3)CC2)NC2CCCCC2)CC1. The van der Waals surface area contributed by atoms with Crippen LogP contribution in [0.2, 0.25) is 0 Å². The minimum atomic E-state index is 0.514. The summed E-state index contributed by atoms with van der Waals surface area (Å²) in [6.45, 7) is 8.83. The number of nitrogens with zero attached hydrogens (tertiary/aromatic N) is 4. The zero-order valence-corrected chi connectivity index (χ0v) is 26.9. The van der Waals surface area contributed by atoms with Crippen LogP contribution in [0, 0.1) is 0 Å². The molecule has 4 saturated carbocycles. The molecule has 1 aliphatic heterocycles. The van der Waals surface area contributed by atoms with E-state index < -0.39 is 0 Å². The van der Waals surface area contributed by atoms with E-state index in [1.807, 2.05) is 0 Å². The first-order valence-electron chi connectivity index (χ1n) is 18.4. The van der Waals surface area contributed by atoms with E-state index in [9.17, 15) is 0 Å². The minimum absolute atomic E-state index is 0.514. The van der Waals surface area contributed by atoms with Crippen molar-refractivity contribution < 1.29 is 0 Å². The van der Waals surface area contributed by atoms with Crippen molar-refractivity contribution in [3.05, 3.63) is 0 Å². The molecule has 240 valence electrons. The molecule has 0 aromatic rings. The lowest BCUT2D eigenvalue weighted by molar-refractivity contribution is 0.136. The van der Waals surface area contributed by atoms with Gasteiger partial charge >= 0.3 is 0 Å². The normalized spacial score (nSPS) is 25.8. The van der Waals surface area contributed by atoms with E-state index in [4.69, 9.17) is 9.98 Å². The molecule has 8 nitrogen and oxygen atoms in total. The topological polar surface area (TPSA) is 79.3 Å². The van der Waals surface area contributed by atoms with Crippen LogP contribution in [-0.4, -0.2) is 98.2 Å². The van der Waals surface area contributed by atoms with Gasteiger partial charge in [-0.15, -0.1) is 0 Å². The molecule has 5 rings (SSSR count). The minimum Gasteiger partial charge on any atom is -0.355 e. The number of hydrogen-bond acceptors (Lipinski definition) is 4. The molecule has 0 unspecified atom stereocenters. The second kappa shape index (κ2) is 18.3. The summed E-state index contributed by atoms with van der Waals surface area (Å²) < 4.78 is 0. The monoisotopic (exact) mass is 585 g/mol. The van der Waals surface area contributed by atoms with Gasteiger partial charge in [0, 0.05) is 64.4 Å². The van der Waals surface area contributed by atoms with Crippen molar-refractivity contribution in [1.29, 1.82) is 0 Å². The second-order valence-electron chi connectivity index (χ2n) is 14.0. The van der Waals surface area contributed by atoms with Gasteiger partial charge in [0.1, 0.15) is 0 Å². The molecule has 0 bridgehead atoms. The summed E-state index contributed by atoms with van der Waals surface area (Å²) in [7, 11) is 0. The molecule has 1 saturated heterocycles. The van der Waals surface area contributed by atoms with Crippen LogP contribution in [0.1, 0.15) is 128 Å². The Hall–Kier alpha value is -1.54. The lowest BCUT2D eigenvalue weighted by Crippen LogP contribution is -2.52. The van der Waals surface area contributed by atoms with Crippen molar-refractivity contribution in [2.75, 3.05) is 52.4 Å². The van der Waals surface area contributed by atoms with Crippen LogP contribution < -0.4 is 21.3 Å². The van der Waals surface area contributed by atoms with Gasteiger partial charge in [-0.3, -0.25) is 9.80 Å². The fourth-order valence-corrected chi connectivity index (χ4v) is 7.84. The van der Waals surface area contributed by atoms with Crippen molar-refractivity contribution in [3.8, 4) is 0 Å². The third-order valence-corrected chi connectivity index (χ3v) is 10.6. The van der Waals surface area contributed by atoms with Crippen LogP contribution >= 0.6 is 0 Å². The second-order valence-corrected chi connectivity index (χ2v) is 14.0.